The molecule has 1 heterocycles. The molecule has 0 aliphatic rings. The molecule has 1 aromatic heterocycles. The van der Waals surface area contributed by atoms with Gasteiger partial charge in [-0.2, -0.15) is 0 Å². The molecule has 0 radical (unpaired) electrons. The second-order valence-electron chi connectivity index (χ2n) is 3.55. The third-order valence-electron chi connectivity index (χ3n) is 2.26. The third kappa shape index (κ3) is 4.72. The van der Waals surface area contributed by atoms with Crippen LogP contribution in [0.2, 0.25) is 0 Å². The molecule has 4 nitrogen and oxygen atoms in total. The molecule has 0 spiro atoms. The minimum absolute atomic E-state index is 0.183. The van der Waals surface area contributed by atoms with E-state index in [1.807, 2.05) is 5.38 Å². The maximum Gasteiger partial charge on any atom is 0.305 e. The first-order chi connectivity index (χ1) is 7.76. The van der Waals surface area contributed by atoms with Crippen molar-refractivity contribution < 1.29 is 9.53 Å². The van der Waals surface area contributed by atoms with Crippen LogP contribution in [0.15, 0.2) is 5.38 Å². The van der Waals surface area contributed by atoms with Crippen LogP contribution >= 0.6 is 11.3 Å². The molecule has 0 aromatic carbocycles. The average Bonchev–Trinajstić information content (AvgIpc) is 2.74. The first-order valence-electron chi connectivity index (χ1n) is 5.46. The molecule has 0 bridgehead atoms. The van der Waals surface area contributed by atoms with E-state index < -0.39 is 0 Å². The van der Waals surface area contributed by atoms with E-state index in [2.05, 4.69) is 9.72 Å². The van der Waals surface area contributed by atoms with Crippen molar-refractivity contribution in [3.8, 4) is 0 Å². The van der Waals surface area contributed by atoms with E-state index in [1.165, 1.54) is 7.11 Å². The molecular weight excluding hydrogens is 224 g/mol. The first-order valence-corrected chi connectivity index (χ1v) is 6.34. The number of hydrogen-bond donors (Lipinski definition) is 1. The summed E-state index contributed by atoms with van der Waals surface area (Å²) in [4.78, 5) is 15.4. The maximum atomic E-state index is 10.9. The number of nitrogens with two attached hydrogens (primary N) is 1. The Kier molecular flexibility index (Phi) is 6.03. The smallest absolute Gasteiger partial charge is 0.305 e. The number of methoxy groups -OCH3 is 1. The number of ether oxygens (including phenoxy) is 1. The fraction of sp³-hybridized carbons (Fsp3) is 0.636. The third-order valence-corrected chi connectivity index (χ3v) is 3.21. The van der Waals surface area contributed by atoms with Gasteiger partial charge in [0.2, 0.25) is 0 Å². The van der Waals surface area contributed by atoms with Crippen LogP contribution < -0.4 is 5.73 Å². The van der Waals surface area contributed by atoms with Gasteiger partial charge in [-0.15, -0.1) is 11.3 Å². The second kappa shape index (κ2) is 7.35. The Morgan fingerprint density at radius 2 is 2.31 bits per heavy atom. The van der Waals surface area contributed by atoms with Gasteiger partial charge in [-0.3, -0.25) is 4.79 Å². The van der Waals surface area contributed by atoms with Crippen molar-refractivity contribution in [2.45, 2.75) is 32.1 Å². The van der Waals surface area contributed by atoms with E-state index in [0.717, 1.165) is 36.5 Å². The van der Waals surface area contributed by atoms with Gasteiger partial charge in [0.05, 0.1) is 24.2 Å². The predicted octanol–water partition coefficient (Wildman–Crippen LogP) is 1.53. The summed E-state index contributed by atoms with van der Waals surface area (Å²) in [6, 6.07) is 0. The molecule has 0 fully saturated rings. The molecule has 0 saturated heterocycles. The molecule has 0 aliphatic heterocycles. The van der Waals surface area contributed by atoms with Crippen LogP contribution in [-0.4, -0.2) is 24.6 Å². The van der Waals surface area contributed by atoms with Gasteiger partial charge in [-0.25, -0.2) is 4.98 Å². The summed E-state index contributed by atoms with van der Waals surface area (Å²) in [5, 5.41) is 3.15. The zero-order valence-corrected chi connectivity index (χ0v) is 10.4. The second-order valence-corrected chi connectivity index (χ2v) is 4.50. The molecule has 0 atom stereocenters. The Balaban J connectivity index is 2.30. The highest BCUT2D eigenvalue weighted by atomic mass is 32.1. The van der Waals surface area contributed by atoms with Crippen molar-refractivity contribution >= 4 is 17.3 Å². The summed E-state index contributed by atoms with van der Waals surface area (Å²) < 4.78 is 4.58. The van der Waals surface area contributed by atoms with Crippen LogP contribution in [0.5, 0.6) is 0 Å². The zero-order chi connectivity index (χ0) is 11.8. The molecule has 0 aliphatic carbocycles. The van der Waals surface area contributed by atoms with Gasteiger partial charge in [0.15, 0.2) is 0 Å². The van der Waals surface area contributed by atoms with Gasteiger partial charge in [0.25, 0.3) is 0 Å². The van der Waals surface area contributed by atoms with Crippen LogP contribution in [0.3, 0.4) is 0 Å². The van der Waals surface area contributed by atoms with E-state index in [4.69, 9.17) is 5.73 Å². The van der Waals surface area contributed by atoms with Crippen LogP contribution in [0.1, 0.15) is 30.0 Å². The molecule has 1 aromatic rings. The van der Waals surface area contributed by atoms with Gasteiger partial charge < -0.3 is 10.5 Å². The predicted molar refractivity (Wildman–Crippen MR) is 64.4 cm³/mol. The maximum absolute atomic E-state index is 10.9. The summed E-state index contributed by atoms with van der Waals surface area (Å²) in [6.45, 7) is 0.737. The number of esters is 1. The van der Waals surface area contributed by atoms with Crippen LogP contribution in [0.4, 0.5) is 0 Å². The lowest BCUT2D eigenvalue weighted by Crippen LogP contribution is -2.02. The standard InChI is InChI=1S/C11H18N2O2S/c1-15-11(14)6-5-9-8-16-10(13-9)4-2-3-7-12/h8H,2-7,12H2,1H3. The lowest BCUT2D eigenvalue weighted by Gasteiger charge is -1.96. The molecule has 5 heteroatoms. The minimum atomic E-state index is -0.183. The molecular formula is C11H18N2O2S. The van der Waals surface area contributed by atoms with Crippen LogP contribution in [-0.2, 0) is 22.4 Å². The van der Waals surface area contributed by atoms with Crippen molar-refractivity contribution in [2.75, 3.05) is 13.7 Å². The average molecular weight is 242 g/mol. The van der Waals surface area contributed by atoms with Crippen LogP contribution in [0, 0.1) is 0 Å². The number of carbonyl (C=O) groups excluding carboxylic acids is 1. The van der Waals surface area contributed by atoms with Gasteiger partial charge in [-0.1, -0.05) is 0 Å². The highest BCUT2D eigenvalue weighted by molar-refractivity contribution is 7.09. The van der Waals surface area contributed by atoms with Gasteiger partial charge in [0, 0.05) is 11.8 Å². The first kappa shape index (κ1) is 13.1. The Morgan fingerprint density at radius 1 is 1.50 bits per heavy atom. The van der Waals surface area contributed by atoms with Crippen molar-refractivity contribution in [2.24, 2.45) is 5.73 Å². The van der Waals surface area contributed by atoms with Crippen molar-refractivity contribution in [3.05, 3.63) is 16.1 Å². The van der Waals surface area contributed by atoms with Crippen molar-refractivity contribution in [1.82, 2.24) is 4.98 Å². The molecule has 0 unspecified atom stereocenters. The quantitative estimate of drug-likeness (QED) is 0.581. The lowest BCUT2D eigenvalue weighted by atomic mass is 10.2. The number of nitrogens with zero attached hydrogens (tertiary/aromatic N) is 1. The van der Waals surface area contributed by atoms with E-state index in [1.54, 1.807) is 11.3 Å². The molecule has 90 valence electrons. The number of aromatic nitrogens is 1. The van der Waals surface area contributed by atoms with Crippen molar-refractivity contribution in [3.63, 3.8) is 0 Å². The minimum Gasteiger partial charge on any atom is -0.469 e. The fourth-order valence-corrected chi connectivity index (χ4v) is 2.21. The lowest BCUT2D eigenvalue weighted by molar-refractivity contribution is -0.140. The largest absolute Gasteiger partial charge is 0.469 e. The SMILES string of the molecule is COC(=O)CCc1csc(CCCCN)n1. The van der Waals surface area contributed by atoms with E-state index in [-0.39, 0.29) is 5.97 Å². The van der Waals surface area contributed by atoms with Gasteiger partial charge in [0.1, 0.15) is 0 Å². The van der Waals surface area contributed by atoms with E-state index >= 15 is 0 Å². The summed E-state index contributed by atoms with van der Waals surface area (Å²) in [6.07, 6.45) is 4.18. The van der Waals surface area contributed by atoms with Crippen molar-refractivity contribution in [1.29, 1.82) is 0 Å². The molecule has 2 N–H and O–H groups in total. The number of hydrogen-bond acceptors (Lipinski definition) is 5. The van der Waals surface area contributed by atoms with Gasteiger partial charge >= 0.3 is 5.97 Å². The highest BCUT2D eigenvalue weighted by Gasteiger charge is 2.05. The zero-order valence-electron chi connectivity index (χ0n) is 9.57. The Bertz CT molecular complexity index is 326. The monoisotopic (exact) mass is 242 g/mol. The summed E-state index contributed by atoms with van der Waals surface area (Å²) in [5.41, 5.74) is 6.41. The number of aryl methyl sites for hydroxylation is 2. The number of unbranched alkanes of at least 4 members (excludes halogenated alkanes) is 1. The Labute approximate surface area is 99.8 Å². The highest BCUT2D eigenvalue weighted by Crippen LogP contribution is 2.13. The topological polar surface area (TPSA) is 65.2 Å². The normalized spacial score (nSPS) is 10.4. The Morgan fingerprint density at radius 3 is 3.00 bits per heavy atom. The number of rotatable bonds is 7. The Hall–Kier alpha value is -0.940. The molecule has 0 amide bonds. The van der Waals surface area contributed by atoms with E-state index in [9.17, 15) is 4.79 Å². The summed E-state index contributed by atoms with van der Waals surface area (Å²) in [7, 11) is 1.40. The summed E-state index contributed by atoms with van der Waals surface area (Å²) >= 11 is 1.66. The molecule has 16 heavy (non-hydrogen) atoms. The number of thiazole rings is 1. The number of carbonyl (C=O) groups is 1. The van der Waals surface area contributed by atoms with Gasteiger partial charge in [-0.05, 0) is 25.8 Å². The fourth-order valence-electron chi connectivity index (χ4n) is 1.33. The summed E-state index contributed by atoms with van der Waals surface area (Å²) in [5.74, 6) is -0.183. The molecule has 1 rings (SSSR count). The van der Waals surface area contributed by atoms with E-state index in [0.29, 0.717) is 12.8 Å². The van der Waals surface area contributed by atoms with Crippen LogP contribution in [0.25, 0.3) is 0 Å². The molecule has 0 saturated carbocycles.